The largest absolute Gasteiger partial charge is 0.486 e. The summed E-state index contributed by atoms with van der Waals surface area (Å²) in [5.74, 6) is 0.977. The highest BCUT2D eigenvalue weighted by Gasteiger charge is 2.28. The predicted molar refractivity (Wildman–Crippen MR) is 81.2 cm³/mol. The number of rotatable bonds is 5. The van der Waals surface area contributed by atoms with E-state index in [0.717, 1.165) is 30.7 Å². The maximum atomic E-state index is 12.2. The van der Waals surface area contributed by atoms with Gasteiger partial charge in [0.1, 0.15) is 11.9 Å². The second-order valence-electron chi connectivity index (χ2n) is 5.20. The third-order valence-electron chi connectivity index (χ3n) is 3.72. The average Bonchev–Trinajstić information content (AvgIpc) is 2.50. The molecule has 1 aromatic rings. The van der Waals surface area contributed by atoms with Crippen molar-refractivity contribution < 1.29 is 9.53 Å². The van der Waals surface area contributed by atoms with Crippen LogP contribution in [0.2, 0.25) is 0 Å². The monoisotopic (exact) mass is 276 g/mol. The van der Waals surface area contributed by atoms with Gasteiger partial charge in [0, 0.05) is 6.42 Å². The van der Waals surface area contributed by atoms with Crippen LogP contribution in [0.4, 0.5) is 5.69 Å². The molecule has 0 saturated carbocycles. The molecular formula is C16H24N2O2. The summed E-state index contributed by atoms with van der Waals surface area (Å²) in [4.78, 5) is 14.0. The Morgan fingerprint density at radius 1 is 1.45 bits per heavy atom. The fourth-order valence-corrected chi connectivity index (χ4v) is 2.49. The molecule has 1 aliphatic rings. The normalized spacial score (nSPS) is 17.6. The van der Waals surface area contributed by atoms with Crippen LogP contribution in [-0.4, -0.2) is 25.1 Å². The van der Waals surface area contributed by atoms with Gasteiger partial charge in [0.25, 0.3) is 0 Å². The van der Waals surface area contributed by atoms with Gasteiger partial charge in [-0.1, -0.05) is 19.9 Å². The first-order valence-corrected chi connectivity index (χ1v) is 7.49. The minimum absolute atomic E-state index is 0.0906. The number of aryl methyl sites for hydroxylation is 1. The van der Waals surface area contributed by atoms with E-state index in [4.69, 9.17) is 10.5 Å². The molecule has 2 rings (SSSR count). The van der Waals surface area contributed by atoms with Gasteiger partial charge >= 0.3 is 0 Å². The van der Waals surface area contributed by atoms with Crippen molar-refractivity contribution in [3.05, 3.63) is 23.8 Å². The molecule has 1 aromatic carbocycles. The Morgan fingerprint density at radius 2 is 2.25 bits per heavy atom. The topological polar surface area (TPSA) is 55.6 Å². The Labute approximate surface area is 120 Å². The standard InChI is InChI=1S/C16H24N2O2/c1-3-13-11-18(16(19)4-2)14-10-12(6-5-9-17)7-8-15(14)20-13/h7-8,10,13H,3-6,9,11,17H2,1-2H3. The Bertz CT molecular complexity index is 474. The van der Waals surface area contributed by atoms with Crippen molar-refractivity contribution >= 4 is 11.6 Å². The van der Waals surface area contributed by atoms with E-state index >= 15 is 0 Å². The first-order valence-electron chi connectivity index (χ1n) is 7.49. The molecule has 2 N–H and O–H groups in total. The molecule has 0 fully saturated rings. The summed E-state index contributed by atoms with van der Waals surface area (Å²) in [6, 6.07) is 6.13. The highest BCUT2D eigenvalue weighted by Crippen LogP contribution is 2.35. The predicted octanol–water partition coefficient (Wildman–Crippen LogP) is 2.49. The van der Waals surface area contributed by atoms with Crippen molar-refractivity contribution in [2.75, 3.05) is 18.0 Å². The lowest BCUT2D eigenvalue weighted by Crippen LogP contribution is -2.43. The van der Waals surface area contributed by atoms with E-state index < -0.39 is 0 Å². The van der Waals surface area contributed by atoms with Gasteiger partial charge in [0.05, 0.1) is 12.2 Å². The third-order valence-corrected chi connectivity index (χ3v) is 3.72. The van der Waals surface area contributed by atoms with Crippen molar-refractivity contribution in [3.8, 4) is 5.75 Å². The summed E-state index contributed by atoms with van der Waals surface area (Å²) in [5, 5.41) is 0. The lowest BCUT2D eigenvalue weighted by Gasteiger charge is -2.35. The molecule has 0 saturated heterocycles. The number of hydrogen-bond donors (Lipinski definition) is 1. The molecule has 1 atom stereocenters. The molecule has 0 bridgehead atoms. The van der Waals surface area contributed by atoms with E-state index in [9.17, 15) is 4.79 Å². The Kier molecular flexibility index (Phi) is 5.01. The number of benzene rings is 1. The average molecular weight is 276 g/mol. The van der Waals surface area contributed by atoms with Crippen molar-refractivity contribution in [1.82, 2.24) is 0 Å². The lowest BCUT2D eigenvalue weighted by atomic mass is 10.1. The molecule has 1 unspecified atom stereocenters. The minimum Gasteiger partial charge on any atom is -0.486 e. The van der Waals surface area contributed by atoms with Gasteiger partial charge in [-0.15, -0.1) is 0 Å². The van der Waals surface area contributed by atoms with E-state index in [1.807, 2.05) is 17.9 Å². The number of ether oxygens (including phenoxy) is 1. The van der Waals surface area contributed by atoms with Crippen LogP contribution in [0.3, 0.4) is 0 Å². The molecule has 1 aliphatic heterocycles. The Balaban J connectivity index is 2.30. The fourth-order valence-electron chi connectivity index (χ4n) is 2.49. The zero-order valence-corrected chi connectivity index (χ0v) is 12.4. The van der Waals surface area contributed by atoms with Gasteiger partial charge in [0.15, 0.2) is 0 Å². The van der Waals surface area contributed by atoms with Gasteiger partial charge in [-0.25, -0.2) is 0 Å². The number of carbonyl (C=O) groups is 1. The molecule has 0 aliphatic carbocycles. The molecule has 0 spiro atoms. The third kappa shape index (κ3) is 3.12. The van der Waals surface area contributed by atoms with Gasteiger partial charge in [-0.3, -0.25) is 4.79 Å². The van der Waals surface area contributed by atoms with Crippen LogP contribution in [0.15, 0.2) is 18.2 Å². The van der Waals surface area contributed by atoms with Crippen LogP contribution < -0.4 is 15.4 Å². The molecule has 4 nitrogen and oxygen atoms in total. The van der Waals surface area contributed by atoms with E-state index in [1.54, 1.807) is 0 Å². The number of nitrogens with two attached hydrogens (primary N) is 1. The summed E-state index contributed by atoms with van der Waals surface area (Å²) >= 11 is 0. The first-order chi connectivity index (χ1) is 9.69. The van der Waals surface area contributed by atoms with Crippen LogP contribution in [0, 0.1) is 0 Å². The number of nitrogens with zero attached hydrogens (tertiary/aromatic N) is 1. The first kappa shape index (κ1) is 14.9. The summed E-state index contributed by atoms with van der Waals surface area (Å²) in [6.07, 6.45) is 3.41. The Morgan fingerprint density at radius 3 is 2.90 bits per heavy atom. The second kappa shape index (κ2) is 6.75. The van der Waals surface area contributed by atoms with Crippen LogP contribution in [0.1, 0.15) is 38.7 Å². The molecule has 1 heterocycles. The molecule has 110 valence electrons. The quantitative estimate of drug-likeness (QED) is 0.899. The van der Waals surface area contributed by atoms with Crippen molar-refractivity contribution in [1.29, 1.82) is 0 Å². The van der Waals surface area contributed by atoms with Crippen molar-refractivity contribution in [2.24, 2.45) is 5.73 Å². The smallest absolute Gasteiger partial charge is 0.226 e. The van der Waals surface area contributed by atoms with Gasteiger partial charge in [-0.05, 0) is 43.5 Å². The van der Waals surface area contributed by atoms with E-state index in [2.05, 4.69) is 19.1 Å². The summed E-state index contributed by atoms with van der Waals surface area (Å²) in [7, 11) is 0. The maximum Gasteiger partial charge on any atom is 0.226 e. The van der Waals surface area contributed by atoms with E-state index in [1.165, 1.54) is 5.56 Å². The fraction of sp³-hybridized carbons (Fsp3) is 0.562. The van der Waals surface area contributed by atoms with Crippen LogP contribution in [0.25, 0.3) is 0 Å². The maximum absolute atomic E-state index is 12.2. The van der Waals surface area contributed by atoms with Gasteiger partial charge in [-0.2, -0.15) is 0 Å². The van der Waals surface area contributed by atoms with Crippen LogP contribution in [0.5, 0.6) is 5.75 Å². The minimum atomic E-state index is 0.0906. The van der Waals surface area contributed by atoms with Crippen molar-refractivity contribution in [2.45, 2.75) is 45.6 Å². The number of anilines is 1. The number of carbonyl (C=O) groups excluding carboxylic acids is 1. The highest BCUT2D eigenvalue weighted by atomic mass is 16.5. The highest BCUT2D eigenvalue weighted by molar-refractivity contribution is 5.95. The second-order valence-corrected chi connectivity index (χ2v) is 5.20. The summed E-state index contributed by atoms with van der Waals surface area (Å²) in [6.45, 7) is 5.32. The van der Waals surface area contributed by atoms with Crippen LogP contribution >= 0.6 is 0 Å². The number of amides is 1. The molecule has 0 radical (unpaired) electrons. The van der Waals surface area contributed by atoms with Gasteiger partial charge < -0.3 is 15.4 Å². The molecule has 4 heteroatoms. The number of fused-ring (bicyclic) bond motifs is 1. The van der Waals surface area contributed by atoms with Gasteiger partial charge in [0.2, 0.25) is 5.91 Å². The molecule has 20 heavy (non-hydrogen) atoms. The number of hydrogen-bond acceptors (Lipinski definition) is 3. The van der Waals surface area contributed by atoms with Crippen LogP contribution in [-0.2, 0) is 11.2 Å². The summed E-state index contributed by atoms with van der Waals surface area (Å²) < 4.78 is 5.95. The van der Waals surface area contributed by atoms with E-state index in [0.29, 0.717) is 19.5 Å². The zero-order valence-electron chi connectivity index (χ0n) is 12.4. The zero-order chi connectivity index (χ0) is 14.5. The molecular weight excluding hydrogens is 252 g/mol. The summed E-state index contributed by atoms with van der Waals surface area (Å²) in [5.41, 5.74) is 7.68. The molecule has 1 amide bonds. The Hall–Kier alpha value is -1.55. The van der Waals surface area contributed by atoms with Crippen molar-refractivity contribution in [3.63, 3.8) is 0 Å². The SMILES string of the molecule is CCC(=O)N1CC(CC)Oc2ccc(CCCN)cc21. The molecule has 0 aromatic heterocycles. The van der Waals surface area contributed by atoms with E-state index in [-0.39, 0.29) is 12.0 Å². The lowest BCUT2D eigenvalue weighted by molar-refractivity contribution is -0.118.